The van der Waals surface area contributed by atoms with Gasteiger partial charge in [-0.1, -0.05) is 30.3 Å². The van der Waals surface area contributed by atoms with Gasteiger partial charge >= 0.3 is 0 Å². The summed E-state index contributed by atoms with van der Waals surface area (Å²) in [5.74, 6) is -7.23. The molecule has 0 saturated carbocycles. The number of amidine groups is 1. The van der Waals surface area contributed by atoms with Crippen molar-refractivity contribution in [2.24, 2.45) is 10.7 Å². The van der Waals surface area contributed by atoms with Crippen molar-refractivity contribution in [2.75, 3.05) is 0 Å². The highest BCUT2D eigenvalue weighted by Gasteiger charge is 2.20. The molecule has 98 valence electrons. The average Bonchev–Trinajstić information content (AvgIpc) is 2.42. The molecule has 0 radical (unpaired) electrons. The summed E-state index contributed by atoms with van der Waals surface area (Å²) < 4.78 is 52.4. The lowest BCUT2D eigenvalue weighted by Gasteiger charge is -2.04. The SMILES string of the molecule is NC(=Nc1c(F)c(F)nc(F)c1F)c1ccccc1. The van der Waals surface area contributed by atoms with E-state index in [1.165, 1.54) is 12.1 Å². The number of aliphatic imine (C=N–C) groups is 1. The first-order valence-electron chi connectivity index (χ1n) is 5.10. The smallest absolute Gasteiger partial charge is 0.254 e. The summed E-state index contributed by atoms with van der Waals surface area (Å²) in [5, 5.41) is 0. The van der Waals surface area contributed by atoms with Crippen LogP contribution in [-0.2, 0) is 0 Å². The van der Waals surface area contributed by atoms with Crippen LogP contribution >= 0.6 is 0 Å². The van der Waals surface area contributed by atoms with E-state index in [4.69, 9.17) is 5.73 Å². The maximum absolute atomic E-state index is 13.3. The second-order valence-corrected chi connectivity index (χ2v) is 3.53. The summed E-state index contributed by atoms with van der Waals surface area (Å²) in [7, 11) is 0. The first-order chi connectivity index (χ1) is 9.00. The molecule has 0 fully saturated rings. The summed E-state index contributed by atoms with van der Waals surface area (Å²) in [6.07, 6.45) is 0. The van der Waals surface area contributed by atoms with Crippen LogP contribution in [-0.4, -0.2) is 10.8 Å². The highest BCUT2D eigenvalue weighted by Crippen LogP contribution is 2.25. The van der Waals surface area contributed by atoms with E-state index in [0.29, 0.717) is 5.56 Å². The summed E-state index contributed by atoms with van der Waals surface area (Å²) in [6, 6.07) is 8.01. The molecular weight excluding hydrogens is 262 g/mol. The normalized spacial score (nSPS) is 11.7. The zero-order valence-corrected chi connectivity index (χ0v) is 9.37. The van der Waals surface area contributed by atoms with Gasteiger partial charge in [-0.15, -0.1) is 0 Å². The average molecular weight is 269 g/mol. The van der Waals surface area contributed by atoms with E-state index in [0.717, 1.165) is 0 Å². The van der Waals surface area contributed by atoms with Gasteiger partial charge in [0.2, 0.25) is 11.6 Å². The quantitative estimate of drug-likeness (QED) is 0.394. The number of halogens is 4. The van der Waals surface area contributed by atoms with E-state index in [1.54, 1.807) is 18.2 Å². The Balaban J connectivity index is 2.55. The van der Waals surface area contributed by atoms with Gasteiger partial charge in [0.15, 0.2) is 0 Å². The molecule has 3 nitrogen and oxygen atoms in total. The highest BCUT2D eigenvalue weighted by atomic mass is 19.2. The zero-order chi connectivity index (χ0) is 14.0. The van der Waals surface area contributed by atoms with Crippen LogP contribution in [0.2, 0.25) is 0 Å². The Morgan fingerprint density at radius 1 is 0.947 bits per heavy atom. The molecule has 0 amide bonds. The predicted molar refractivity (Wildman–Crippen MR) is 60.9 cm³/mol. The molecule has 0 spiro atoms. The van der Waals surface area contributed by atoms with Gasteiger partial charge in [0.1, 0.15) is 11.5 Å². The standard InChI is InChI=1S/C12H7F4N3/c13-7-9(8(14)11(16)19-10(7)15)18-12(17)6-4-2-1-3-5-6/h1-5H,(H2,17,18,19). The van der Waals surface area contributed by atoms with Crippen molar-refractivity contribution < 1.29 is 17.6 Å². The third-order valence-corrected chi connectivity index (χ3v) is 2.28. The molecule has 7 heteroatoms. The molecular formula is C12H7F4N3. The van der Waals surface area contributed by atoms with Gasteiger partial charge in [0, 0.05) is 5.56 Å². The van der Waals surface area contributed by atoms with Crippen LogP contribution in [0.25, 0.3) is 0 Å². The molecule has 19 heavy (non-hydrogen) atoms. The number of hydrogen-bond acceptors (Lipinski definition) is 2. The van der Waals surface area contributed by atoms with Gasteiger partial charge < -0.3 is 5.73 Å². The van der Waals surface area contributed by atoms with E-state index < -0.39 is 29.2 Å². The summed E-state index contributed by atoms with van der Waals surface area (Å²) >= 11 is 0. The molecule has 0 unspecified atom stereocenters. The number of hydrogen-bond donors (Lipinski definition) is 1. The van der Waals surface area contributed by atoms with Crippen molar-refractivity contribution >= 4 is 11.5 Å². The number of rotatable bonds is 2. The summed E-state index contributed by atoms with van der Waals surface area (Å²) in [5.41, 5.74) is 4.73. The largest absolute Gasteiger partial charge is 0.383 e. The monoisotopic (exact) mass is 269 g/mol. The van der Waals surface area contributed by atoms with Gasteiger partial charge in [-0.05, 0) is 0 Å². The van der Waals surface area contributed by atoms with Crippen LogP contribution in [0.4, 0.5) is 23.2 Å². The lowest BCUT2D eigenvalue weighted by molar-refractivity contribution is 0.410. The number of nitrogens with zero attached hydrogens (tertiary/aromatic N) is 2. The van der Waals surface area contributed by atoms with Crippen LogP contribution in [0.5, 0.6) is 0 Å². The van der Waals surface area contributed by atoms with Crippen molar-refractivity contribution in [3.05, 3.63) is 59.4 Å². The summed E-state index contributed by atoms with van der Waals surface area (Å²) in [4.78, 5) is 5.79. The lowest BCUT2D eigenvalue weighted by Crippen LogP contribution is -2.13. The van der Waals surface area contributed by atoms with Gasteiger partial charge in [0.25, 0.3) is 11.9 Å². The fourth-order valence-corrected chi connectivity index (χ4v) is 1.37. The first kappa shape index (κ1) is 13.0. The molecule has 0 saturated heterocycles. The van der Waals surface area contributed by atoms with Gasteiger partial charge in [-0.2, -0.15) is 22.5 Å². The van der Waals surface area contributed by atoms with Gasteiger partial charge in [-0.3, -0.25) is 0 Å². The summed E-state index contributed by atoms with van der Waals surface area (Å²) in [6.45, 7) is 0. The van der Waals surface area contributed by atoms with Crippen molar-refractivity contribution in [1.82, 2.24) is 4.98 Å². The minimum Gasteiger partial charge on any atom is -0.383 e. The Bertz CT molecular complexity index is 615. The minimum atomic E-state index is -1.78. The van der Waals surface area contributed by atoms with Crippen LogP contribution in [0.15, 0.2) is 35.3 Å². The van der Waals surface area contributed by atoms with Crippen molar-refractivity contribution in [3.8, 4) is 0 Å². The molecule has 0 atom stereocenters. The second-order valence-electron chi connectivity index (χ2n) is 3.53. The molecule has 2 N–H and O–H groups in total. The van der Waals surface area contributed by atoms with E-state index in [1.807, 2.05) is 0 Å². The van der Waals surface area contributed by atoms with Crippen molar-refractivity contribution in [3.63, 3.8) is 0 Å². The minimum absolute atomic E-state index is 0.275. The number of nitrogens with two attached hydrogens (primary N) is 1. The van der Waals surface area contributed by atoms with Crippen LogP contribution in [0.1, 0.15) is 5.56 Å². The number of aromatic nitrogens is 1. The molecule has 0 aliphatic carbocycles. The number of benzene rings is 1. The maximum Gasteiger partial charge on any atom is 0.254 e. The molecule has 0 bridgehead atoms. The Labute approximate surface area is 105 Å². The zero-order valence-electron chi connectivity index (χ0n) is 9.37. The third-order valence-electron chi connectivity index (χ3n) is 2.28. The van der Waals surface area contributed by atoms with Crippen molar-refractivity contribution in [2.45, 2.75) is 0 Å². The van der Waals surface area contributed by atoms with E-state index in [-0.39, 0.29) is 5.84 Å². The Hall–Kier alpha value is -2.44. The van der Waals surface area contributed by atoms with E-state index >= 15 is 0 Å². The van der Waals surface area contributed by atoms with Gasteiger partial charge in [0.05, 0.1) is 0 Å². The molecule has 0 aliphatic heterocycles. The van der Waals surface area contributed by atoms with E-state index in [9.17, 15) is 17.6 Å². The van der Waals surface area contributed by atoms with Crippen LogP contribution < -0.4 is 5.73 Å². The topological polar surface area (TPSA) is 51.3 Å². The van der Waals surface area contributed by atoms with E-state index in [2.05, 4.69) is 9.98 Å². The highest BCUT2D eigenvalue weighted by molar-refractivity contribution is 5.99. The van der Waals surface area contributed by atoms with Gasteiger partial charge in [-0.25, -0.2) is 4.99 Å². The second kappa shape index (κ2) is 5.05. The lowest BCUT2D eigenvalue weighted by atomic mass is 10.2. The molecule has 1 heterocycles. The molecule has 1 aromatic heterocycles. The van der Waals surface area contributed by atoms with Crippen LogP contribution in [0.3, 0.4) is 0 Å². The molecule has 2 aromatic rings. The molecule has 1 aromatic carbocycles. The Morgan fingerprint density at radius 3 is 2.00 bits per heavy atom. The third kappa shape index (κ3) is 2.54. The fraction of sp³-hybridized carbons (Fsp3) is 0. The predicted octanol–water partition coefficient (Wildman–Crippen LogP) is 2.68. The molecule has 0 aliphatic rings. The first-order valence-corrected chi connectivity index (χ1v) is 5.10. The maximum atomic E-state index is 13.3. The Morgan fingerprint density at radius 2 is 1.47 bits per heavy atom. The van der Waals surface area contributed by atoms with Crippen LogP contribution in [0, 0.1) is 23.5 Å². The number of pyridine rings is 1. The molecule has 2 rings (SSSR count). The fourth-order valence-electron chi connectivity index (χ4n) is 1.37. The van der Waals surface area contributed by atoms with Crippen molar-refractivity contribution in [1.29, 1.82) is 0 Å². The Kier molecular flexibility index (Phi) is 3.46.